The van der Waals surface area contributed by atoms with Gasteiger partial charge in [-0.2, -0.15) is 0 Å². The molecule has 0 saturated carbocycles. The second-order valence-corrected chi connectivity index (χ2v) is 9.92. The Balaban J connectivity index is 1.88. The maximum Gasteiger partial charge on any atom is 0.296 e. The summed E-state index contributed by atoms with van der Waals surface area (Å²) < 4.78 is 11.1. The molecule has 1 N–H and O–H groups in total. The van der Waals surface area contributed by atoms with Crippen LogP contribution in [0.4, 0.5) is 0 Å². The summed E-state index contributed by atoms with van der Waals surface area (Å²) in [5, 5.41) is 11.5. The fourth-order valence-corrected chi connectivity index (χ4v) is 4.54. The monoisotopic (exact) mass is 500 g/mol. The molecule has 1 amide bonds. The summed E-state index contributed by atoms with van der Waals surface area (Å²) in [5.74, 6) is -0.285. The lowest BCUT2D eigenvalue weighted by Crippen LogP contribution is -2.29. The molecule has 3 aromatic rings. The first-order valence-electron chi connectivity index (χ1n) is 12.3. The molecule has 2 heterocycles. The van der Waals surface area contributed by atoms with Crippen LogP contribution in [0.2, 0.25) is 0 Å². The zero-order valence-corrected chi connectivity index (χ0v) is 21.8. The van der Waals surface area contributed by atoms with Crippen molar-refractivity contribution in [3.05, 3.63) is 94.8 Å². The zero-order valence-electron chi connectivity index (χ0n) is 21.8. The normalized spacial score (nSPS) is 17.2. The Morgan fingerprint density at radius 2 is 1.78 bits per heavy atom. The molecule has 0 radical (unpaired) electrons. The van der Waals surface area contributed by atoms with E-state index in [0.717, 1.165) is 5.56 Å². The van der Waals surface area contributed by atoms with Crippen LogP contribution < -0.4 is 9.47 Å². The number of amides is 1. The number of Topliss-reactive ketones (excluding diaryl/α,β-unsaturated/α-hetero) is 1. The number of pyridine rings is 1. The molecular weight excluding hydrogens is 468 g/mol. The molecule has 2 aromatic carbocycles. The standard InChI is InChI=1S/C30H32N2O5/c1-6-37-24-15-12-20(17-23(24)30(2,3)4)27(33)25-26(19-10-13-22(36-5)14-11-19)32(29(35)28(25)34)18-21-9-7-8-16-31-21/h7-17,26,33H,6,18H2,1-5H3/b27-25-. The average Bonchev–Trinajstić information content (AvgIpc) is 3.13. The van der Waals surface area contributed by atoms with Gasteiger partial charge in [-0.15, -0.1) is 0 Å². The largest absolute Gasteiger partial charge is 0.507 e. The fraction of sp³-hybridized carbons (Fsp3) is 0.300. The molecule has 0 bridgehead atoms. The average molecular weight is 501 g/mol. The van der Waals surface area contributed by atoms with E-state index in [4.69, 9.17) is 9.47 Å². The van der Waals surface area contributed by atoms with Crippen LogP contribution >= 0.6 is 0 Å². The Labute approximate surface area is 217 Å². The number of nitrogens with zero attached hydrogens (tertiary/aromatic N) is 2. The number of aromatic nitrogens is 1. The van der Waals surface area contributed by atoms with Crippen LogP contribution in [0.3, 0.4) is 0 Å². The summed E-state index contributed by atoms with van der Waals surface area (Å²) in [5.41, 5.74) is 2.42. The minimum atomic E-state index is -0.794. The first-order chi connectivity index (χ1) is 17.7. The maximum atomic E-state index is 13.4. The van der Waals surface area contributed by atoms with Crippen LogP contribution in [0.25, 0.3) is 5.76 Å². The van der Waals surface area contributed by atoms with Gasteiger partial charge in [0.2, 0.25) is 0 Å². The molecule has 1 fully saturated rings. The van der Waals surface area contributed by atoms with Crippen molar-refractivity contribution in [1.82, 2.24) is 9.88 Å². The van der Waals surface area contributed by atoms with Crippen LogP contribution in [0, 0.1) is 0 Å². The Hall–Kier alpha value is -4.13. The summed E-state index contributed by atoms with van der Waals surface area (Å²) in [7, 11) is 1.57. The first-order valence-corrected chi connectivity index (χ1v) is 12.3. The van der Waals surface area contributed by atoms with Crippen molar-refractivity contribution in [2.24, 2.45) is 0 Å². The van der Waals surface area contributed by atoms with Crippen molar-refractivity contribution in [2.75, 3.05) is 13.7 Å². The van der Waals surface area contributed by atoms with Gasteiger partial charge in [0.25, 0.3) is 11.7 Å². The lowest BCUT2D eigenvalue weighted by molar-refractivity contribution is -0.140. The van der Waals surface area contributed by atoms with E-state index in [0.29, 0.717) is 34.9 Å². The van der Waals surface area contributed by atoms with Crippen molar-refractivity contribution >= 4 is 17.4 Å². The number of likely N-dealkylation sites (tertiary alicyclic amines) is 1. The van der Waals surface area contributed by atoms with Crippen LogP contribution in [0.5, 0.6) is 11.5 Å². The van der Waals surface area contributed by atoms with Crippen molar-refractivity contribution in [3.8, 4) is 11.5 Å². The molecule has 1 aliphatic heterocycles. The Bertz CT molecular complexity index is 1320. The van der Waals surface area contributed by atoms with Gasteiger partial charge in [0.15, 0.2) is 0 Å². The van der Waals surface area contributed by atoms with Gasteiger partial charge in [0, 0.05) is 17.3 Å². The van der Waals surface area contributed by atoms with Crippen molar-refractivity contribution < 1.29 is 24.2 Å². The number of carbonyl (C=O) groups excluding carboxylic acids is 2. The number of hydrogen-bond donors (Lipinski definition) is 1. The molecule has 7 heteroatoms. The van der Waals surface area contributed by atoms with Gasteiger partial charge < -0.3 is 19.5 Å². The molecule has 4 rings (SSSR count). The first kappa shape index (κ1) is 25.9. The number of aliphatic hydroxyl groups excluding tert-OH is 1. The van der Waals surface area contributed by atoms with E-state index >= 15 is 0 Å². The zero-order chi connectivity index (χ0) is 26.7. The molecule has 1 aromatic heterocycles. The minimum Gasteiger partial charge on any atom is -0.507 e. The number of rotatable bonds is 7. The van der Waals surface area contributed by atoms with E-state index in [2.05, 4.69) is 25.8 Å². The van der Waals surface area contributed by atoms with Gasteiger partial charge in [-0.25, -0.2) is 0 Å². The smallest absolute Gasteiger partial charge is 0.296 e. The Morgan fingerprint density at radius 3 is 2.38 bits per heavy atom. The predicted molar refractivity (Wildman–Crippen MR) is 141 cm³/mol. The van der Waals surface area contributed by atoms with E-state index in [-0.39, 0.29) is 23.3 Å². The molecule has 0 spiro atoms. The molecule has 192 valence electrons. The molecule has 37 heavy (non-hydrogen) atoms. The number of ketones is 1. The minimum absolute atomic E-state index is 0.0371. The topological polar surface area (TPSA) is 89.0 Å². The number of methoxy groups -OCH3 is 1. The molecule has 7 nitrogen and oxygen atoms in total. The van der Waals surface area contributed by atoms with Gasteiger partial charge in [0.1, 0.15) is 17.3 Å². The van der Waals surface area contributed by atoms with Crippen molar-refractivity contribution in [3.63, 3.8) is 0 Å². The number of aliphatic hydroxyl groups is 1. The summed E-state index contributed by atoms with van der Waals surface area (Å²) in [6, 6.07) is 17.1. The quantitative estimate of drug-likeness (QED) is 0.265. The summed E-state index contributed by atoms with van der Waals surface area (Å²) >= 11 is 0. The molecule has 1 saturated heterocycles. The second-order valence-electron chi connectivity index (χ2n) is 9.92. The van der Waals surface area contributed by atoms with Gasteiger partial charge in [-0.1, -0.05) is 39.0 Å². The van der Waals surface area contributed by atoms with E-state index in [1.807, 2.05) is 19.1 Å². The van der Waals surface area contributed by atoms with Crippen LogP contribution in [-0.2, 0) is 21.5 Å². The highest BCUT2D eigenvalue weighted by atomic mass is 16.5. The van der Waals surface area contributed by atoms with E-state index < -0.39 is 17.7 Å². The molecule has 1 atom stereocenters. The van der Waals surface area contributed by atoms with Gasteiger partial charge in [0.05, 0.1) is 37.6 Å². The number of carbonyl (C=O) groups is 2. The molecule has 0 aliphatic carbocycles. The van der Waals surface area contributed by atoms with Crippen LogP contribution in [0.15, 0.2) is 72.4 Å². The molecule has 1 aliphatic rings. The molecular formula is C30H32N2O5. The SMILES string of the molecule is CCOc1ccc(/C(O)=C2/C(=O)C(=O)N(Cc3ccccn3)C2c2ccc(OC)cc2)cc1C(C)(C)C. The Kier molecular flexibility index (Phi) is 7.34. The third-order valence-corrected chi connectivity index (χ3v) is 6.39. The number of benzene rings is 2. The number of hydrogen-bond acceptors (Lipinski definition) is 6. The fourth-order valence-electron chi connectivity index (χ4n) is 4.54. The van der Waals surface area contributed by atoms with Crippen LogP contribution in [0.1, 0.15) is 56.1 Å². The third kappa shape index (κ3) is 5.21. The van der Waals surface area contributed by atoms with Crippen molar-refractivity contribution in [2.45, 2.75) is 45.7 Å². The Morgan fingerprint density at radius 1 is 1.05 bits per heavy atom. The highest BCUT2D eigenvalue weighted by Crippen LogP contribution is 2.42. The van der Waals surface area contributed by atoms with Crippen LogP contribution in [-0.4, -0.2) is 40.4 Å². The van der Waals surface area contributed by atoms with E-state index in [9.17, 15) is 14.7 Å². The summed E-state index contributed by atoms with van der Waals surface area (Å²) in [6.07, 6.45) is 1.64. The third-order valence-electron chi connectivity index (χ3n) is 6.39. The van der Waals surface area contributed by atoms with Gasteiger partial charge >= 0.3 is 0 Å². The van der Waals surface area contributed by atoms with Gasteiger partial charge in [-0.3, -0.25) is 14.6 Å². The van der Waals surface area contributed by atoms with Crippen molar-refractivity contribution in [1.29, 1.82) is 0 Å². The lowest BCUT2D eigenvalue weighted by atomic mass is 9.84. The highest BCUT2D eigenvalue weighted by molar-refractivity contribution is 6.46. The van der Waals surface area contributed by atoms with Gasteiger partial charge in [-0.05, 0) is 60.4 Å². The summed E-state index contributed by atoms with van der Waals surface area (Å²) in [4.78, 5) is 32.5. The van der Waals surface area contributed by atoms with E-state index in [1.165, 1.54) is 4.90 Å². The second kappa shape index (κ2) is 10.5. The van der Waals surface area contributed by atoms with E-state index in [1.54, 1.807) is 61.8 Å². The molecule has 1 unspecified atom stereocenters. The number of ether oxygens (including phenoxy) is 2. The maximum absolute atomic E-state index is 13.4. The lowest BCUT2D eigenvalue weighted by Gasteiger charge is -2.26. The summed E-state index contributed by atoms with van der Waals surface area (Å²) in [6.45, 7) is 8.70. The highest BCUT2D eigenvalue weighted by Gasteiger charge is 2.46. The predicted octanol–water partition coefficient (Wildman–Crippen LogP) is 5.41.